The van der Waals surface area contributed by atoms with E-state index in [9.17, 15) is 9.59 Å². The Balaban J connectivity index is 1.57. The number of fused-ring (bicyclic) bond motifs is 2. The lowest BCUT2D eigenvalue weighted by Gasteiger charge is -2.11. The number of hydrogen-bond donors (Lipinski definition) is 1. The van der Waals surface area contributed by atoms with Crippen LogP contribution in [0, 0.1) is 0 Å². The molecule has 9 heteroatoms. The maximum Gasteiger partial charge on any atom is 0.261 e. The van der Waals surface area contributed by atoms with Crippen LogP contribution in [0.3, 0.4) is 0 Å². The number of anilines is 1. The summed E-state index contributed by atoms with van der Waals surface area (Å²) in [4.78, 5) is 34.0. The van der Waals surface area contributed by atoms with E-state index < -0.39 is 0 Å². The van der Waals surface area contributed by atoms with Crippen LogP contribution in [0.1, 0.15) is 0 Å². The number of carbonyl (C=O) groups excluding carboxylic acids is 1. The third-order valence-corrected chi connectivity index (χ3v) is 4.82. The molecule has 31 heavy (non-hydrogen) atoms. The van der Waals surface area contributed by atoms with Gasteiger partial charge in [-0.25, -0.2) is 4.98 Å². The van der Waals surface area contributed by atoms with E-state index in [1.165, 1.54) is 25.1 Å². The van der Waals surface area contributed by atoms with Gasteiger partial charge >= 0.3 is 0 Å². The van der Waals surface area contributed by atoms with E-state index in [-0.39, 0.29) is 18.0 Å². The van der Waals surface area contributed by atoms with Crippen LogP contribution in [0.4, 0.5) is 5.69 Å². The Hall–Kier alpha value is -4.14. The highest BCUT2D eigenvalue weighted by Gasteiger charge is 2.13. The Morgan fingerprint density at radius 1 is 0.968 bits per heavy atom. The molecule has 158 valence electrons. The number of amides is 1. The van der Waals surface area contributed by atoms with Gasteiger partial charge in [-0.15, -0.1) is 0 Å². The molecule has 0 unspecified atom stereocenters. The number of nitrogens with one attached hydrogen (secondary N) is 1. The zero-order valence-electron chi connectivity index (χ0n) is 17.2. The molecule has 0 bridgehead atoms. The number of hydrogen-bond acceptors (Lipinski definition) is 7. The molecule has 0 aliphatic rings. The summed E-state index contributed by atoms with van der Waals surface area (Å²) < 4.78 is 16.9. The van der Waals surface area contributed by atoms with E-state index in [0.29, 0.717) is 33.8 Å². The molecule has 0 saturated heterocycles. The predicted octanol–water partition coefficient (Wildman–Crippen LogP) is 2.61. The topological polar surface area (TPSA) is 105 Å². The fraction of sp³-hybridized carbons (Fsp3) is 0.182. The van der Waals surface area contributed by atoms with Gasteiger partial charge in [-0.1, -0.05) is 0 Å². The van der Waals surface area contributed by atoms with Gasteiger partial charge in [0.1, 0.15) is 12.3 Å². The van der Waals surface area contributed by atoms with Crippen molar-refractivity contribution in [1.82, 2.24) is 14.5 Å². The normalized spacial score (nSPS) is 10.8. The second-order valence-electron chi connectivity index (χ2n) is 6.73. The molecule has 2 heterocycles. The summed E-state index contributed by atoms with van der Waals surface area (Å²) in [5, 5.41) is 3.94. The van der Waals surface area contributed by atoms with Crippen LogP contribution in [0.15, 0.2) is 53.7 Å². The number of methoxy groups -OCH3 is 3. The molecular weight excluding hydrogens is 400 g/mol. The number of carbonyl (C=O) groups is 1. The molecule has 0 spiro atoms. The van der Waals surface area contributed by atoms with Crippen LogP contribution >= 0.6 is 0 Å². The van der Waals surface area contributed by atoms with Crippen LogP contribution < -0.4 is 25.1 Å². The molecule has 0 aliphatic heterocycles. The van der Waals surface area contributed by atoms with Gasteiger partial charge in [0.05, 0.1) is 56.0 Å². The molecule has 0 saturated carbocycles. The maximum absolute atomic E-state index is 12.8. The molecule has 9 nitrogen and oxygen atoms in total. The standard InChI is InChI=1S/C22H20N4O5/c1-29-15-5-4-13-6-14(10-23-17(13)7-15)25-21(27)11-26-12-24-18-9-20(31-3)19(30-2)8-16(18)22(26)28/h4-10,12H,11H2,1-3H3,(H,25,27). The molecule has 4 aromatic rings. The summed E-state index contributed by atoms with van der Waals surface area (Å²) >= 11 is 0. The van der Waals surface area contributed by atoms with Crippen molar-refractivity contribution in [3.8, 4) is 17.2 Å². The van der Waals surface area contributed by atoms with Gasteiger partial charge in [-0.2, -0.15) is 0 Å². The van der Waals surface area contributed by atoms with Crippen LogP contribution in [0.25, 0.3) is 21.8 Å². The Bertz CT molecular complexity index is 1350. The van der Waals surface area contributed by atoms with Gasteiger partial charge in [-0.3, -0.25) is 19.1 Å². The minimum atomic E-state index is -0.376. The molecule has 4 rings (SSSR count). The van der Waals surface area contributed by atoms with Gasteiger partial charge in [-0.05, 0) is 24.3 Å². The van der Waals surface area contributed by atoms with Gasteiger partial charge in [0.15, 0.2) is 11.5 Å². The van der Waals surface area contributed by atoms with Crippen molar-refractivity contribution in [1.29, 1.82) is 0 Å². The second-order valence-corrected chi connectivity index (χ2v) is 6.73. The molecule has 1 N–H and O–H groups in total. The van der Waals surface area contributed by atoms with Crippen molar-refractivity contribution in [2.75, 3.05) is 26.6 Å². The molecule has 1 amide bonds. The van der Waals surface area contributed by atoms with Gasteiger partial charge in [0.2, 0.25) is 5.91 Å². The van der Waals surface area contributed by atoms with E-state index in [1.807, 2.05) is 18.2 Å². The molecule has 2 aromatic heterocycles. The molecule has 0 radical (unpaired) electrons. The fourth-order valence-corrected chi connectivity index (χ4v) is 3.25. The van der Waals surface area contributed by atoms with Crippen molar-refractivity contribution in [2.45, 2.75) is 6.54 Å². The molecule has 0 aliphatic carbocycles. The van der Waals surface area contributed by atoms with E-state index in [4.69, 9.17) is 14.2 Å². The van der Waals surface area contributed by atoms with Gasteiger partial charge < -0.3 is 19.5 Å². The average molecular weight is 420 g/mol. The van der Waals surface area contributed by atoms with Crippen LogP contribution in [0.5, 0.6) is 17.2 Å². The average Bonchev–Trinajstić information content (AvgIpc) is 2.79. The quantitative estimate of drug-likeness (QED) is 0.511. The summed E-state index contributed by atoms with van der Waals surface area (Å²) in [5.41, 5.74) is 1.37. The Morgan fingerprint density at radius 3 is 2.48 bits per heavy atom. The minimum absolute atomic E-state index is 0.198. The first kappa shape index (κ1) is 20.1. The Morgan fingerprint density at radius 2 is 1.74 bits per heavy atom. The first-order valence-corrected chi connectivity index (χ1v) is 9.37. The SMILES string of the molecule is COc1ccc2cc(NC(=O)Cn3cnc4cc(OC)c(OC)cc4c3=O)cnc2c1. The maximum atomic E-state index is 12.8. The zero-order chi connectivity index (χ0) is 22.0. The Labute approximate surface area is 177 Å². The monoisotopic (exact) mass is 420 g/mol. The first-order chi connectivity index (χ1) is 15.0. The molecule has 0 fully saturated rings. The van der Waals surface area contributed by atoms with Crippen LogP contribution in [-0.2, 0) is 11.3 Å². The number of rotatable bonds is 6. The summed E-state index contributed by atoms with van der Waals surface area (Å²) in [6, 6.07) is 10.5. The van der Waals surface area contributed by atoms with Crippen LogP contribution in [0.2, 0.25) is 0 Å². The highest BCUT2D eigenvalue weighted by molar-refractivity contribution is 5.93. The Kier molecular flexibility index (Phi) is 5.40. The third-order valence-electron chi connectivity index (χ3n) is 4.82. The van der Waals surface area contributed by atoms with Crippen molar-refractivity contribution >= 4 is 33.4 Å². The van der Waals surface area contributed by atoms with E-state index in [1.54, 1.807) is 31.5 Å². The lowest BCUT2D eigenvalue weighted by atomic mass is 10.2. The summed E-state index contributed by atoms with van der Waals surface area (Å²) in [7, 11) is 4.58. The molecular formula is C22H20N4O5. The number of aromatic nitrogens is 3. The highest BCUT2D eigenvalue weighted by atomic mass is 16.5. The fourth-order valence-electron chi connectivity index (χ4n) is 3.25. The molecule has 2 aromatic carbocycles. The smallest absolute Gasteiger partial charge is 0.261 e. The lowest BCUT2D eigenvalue weighted by Crippen LogP contribution is -2.28. The lowest BCUT2D eigenvalue weighted by molar-refractivity contribution is -0.116. The van der Waals surface area contributed by atoms with E-state index >= 15 is 0 Å². The predicted molar refractivity (Wildman–Crippen MR) is 116 cm³/mol. The van der Waals surface area contributed by atoms with Crippen LogP contribution in [-0.4, -0.2) is 41.8 Å². The van der Waals surface area contributed by atoms with Crippen molar-refractivity contribution in [3.63, 3.8) is 0 Å². The summed E-state index contributed by atoms with van der Waals surface area (Å²) in [6.45, 7) is -0.198. The number of ether oxygens (including phenoxy) is 3. The number of pyridine rings is 1. The summed E-state index contributed by atoms with van der Waals surface area (Å²) in [6.07, 6.45) is 2.89. The minimum Gasteiger partial charge on any atom is -0.497 e. The van der Waals surface area contributed by atoms with Crippen molar-refractivity contribution in [2.24, 2.45) is 0 Å². The van der Waals surface area contributed by atoms with Crippen molar-refractivity contribution in [3.05, 3.63) is 59.3 Å². The third kappa shape index (κ3) is 3.97. The molecule has 0 atom stereocenters. The zero-order valence-corrected chi connectivity index (χ0v) is 17.2. The number of nitrogens with zero attached hydrogens (tertiary/aromatic N) is 3. The first-order valence-electron chi connectivity index (χ1n) is 9.37. The number of benzene rings is 2. The second kappa shape index (κ2) is 8.31. The van der Waals surface area contributed by atoms with Gasteiger partial charge in [0, 0.05) is 17.5 Å². The van der Waals surface area contributed by atoms with Gasteiger partial charge in [0.25, 0.3) is 5.56 Å². The van der Waals surface area contributed by atoms with E-state index in [0.717, 1.165) is 10.9 Å². The van der Waals surface area contributed by atoms with E-state index in [2.05, 4.69) is 15.3 Å². The highest BCUT2D eigenvalue weighted by Crippen LogP contribution is 2.29. The largest absolute Gasteiger partial charge is 0.497 e. The van der Waals surface area contributed by atoms with Crippen molar-refractivity contribution < 1.29 is 19.0 Å². The summed E-state index contributed by atoms with van der Waals surface area (Å²) in [5.74, 6) is 1.21.